The zero-order chi connectivity index (χ0) is 24.6. The summed E-state index contributed by atoms with van der Waals surface area (Å²) in [5.74, 6) is 0.893. The zero-order valence-corrected chi connectivity index (χ0v) is 21.8. The van der Waals surface area contributed by atoms with Gasteiger partial charge >= 0.3 is 0 Å². The third kappa shape index (κ3) is 6.15. The first-order chi connectivity index (χ1) is 16.4. The summed E-state index contributed by atoms with van der Waals surface area (Å²) in [6.45, 7) is 8.61. The minimum Gasteiger partial charge on any atom is -0.496 e. The molecule has 180 valence electrons. The summed E-state index contributed by atoms with van der Waals surface area (Å²) < 4.78 is 5.74. The van der Waals surface area contributed by atoms with Gasteiger partial charge < -0.3 is 15.0 Å². The van der Waals surface area contributed by atoms with Crippen molar-refractivity contribution in [3.63, 3.8) is 0 Å². The standard InChI is InChI=1S/C30H37ClN2O/c1-6-33(7-2)26-17-15-24(29(21-26)34-5)14-11-19-30(3,22-23-12-9-8-10-13-23)27-20-25(31)16-18-28(27)32-4/h8-18,20-21,32H,6-7,19,22H2,1-5H3/b14-11+. The monoisotopic (exact) mass is 476 g/mol. The largest absolute Gasteiger partial charge is 0.496 e. The molecule has 3 nitrogen and oxygen atoms in total. The van der Waals surface area contributed by atoms with Crippen LogP contribution in [0.5, 0.6) is 5.75 Å². The second-order valence-electron chi connectivity index (χ2n) is 8.87. The molecule has 0 aliphatic heterocycles. The summed E-state index contributed by atoms with van der Waals surface area (Å²) in [4.78, 5) is 2.32. The maximum absolute atomic E-state index is 6.45. The lowest BCUT2D eigenvalue weighted by Crippen LogP contribution is -2.25. The first kappa shape index (κ1) is 25.7. The molecule has 3 aromatic rings. The number of rotatable bonds is 11. The van der Waals surface area contributed by atoms with Crippen molar-refractivity contribution in [2.24, 2.45) is 0 Å². The summed E-state index contributed by atoms with van der Waals surface area (Å²) >= 11 is 6.45. The lowest BCUT2D eigenvalue weighted by molar-refractivity contribution is 0.414. The maximum atomic E-state index is 6.45. The second kappa shape index (κ2) is 12.0. The number of allylic oxidation sites excluding steroid dienone is 1. The van der Waals surface area contributed by atoms with Crippen molar-refractivity contribution in [1.29, 1.82) is 0 Å². The molecule has 0 amide bonds. The SMILES string of the molecule is CCN(CC)c1ccc(/C=C/CC(C)(Cc2ccccc2)c2cc(Cl)ccc2NC)c(OC)c1. The molecule has 3 rings (SSSR count). The van der Waals surface area contributed by atoms with E-state index in [-0.39, 0.29) is 5.41 Å². The number of hydrogen-bond acceptors (Lipinski definition) is 3. The van der Waals surface area contributed by atoms with Gasteiger partial charge in [-0.1, -0.05) is 61.0 Å². The first-order valence-corrected chi connectivity index (χ1v) is 12.4. The summed E-state index contributed by atoms with van der Waals surface area (Å²) in [5, 5.41) is 4.12. The molecular formula is C30H37ClN2O. The molecule has 0 aliphatic rings. The number of ether oxygens (including phenoxy) is 1. The van der Waals surface area contributed by atoms with Gasteiger partial charge in [0.2, 0.25) is 0 Å². The van der Waals surface area contributed by atoms with Crippen molar-refractivity contribution >= 4 is 29.1 Å². The number of anilines is 2. The molecule has 0 radical (unpaired) electrons. The average Bonchev–Trinajstić information content (AvgIpc) is 2.86. The van der Waals surface area contributed by atoms with E-state index in [1.165, 1.54) is 16.8 Å². The highest BCUT2D eigenvalue weighted by Gasteiger charge is 2.29. The van der Waals surface area contributed by atoms with Gasteiger partial charge in [-0.3, -0.25) is 0 Å². The van der Waals surface area contributed by atoms with E-state index in [4.69, 9.17) is 16.3 Å². The fourth-order valence-electron chi connectivity index (χ4n) is 4.63. The van der Waals surface area contributed by atoms with Gasteiger partial charge in [-0.15, -0.1) is 0 Å². The molecule has 0 aliphatic carbocycles. The smallest absolute Gasteiger partial charge is 0.128 e. The molecule has 0 heterocycles. The molecular weight excluding hydrogens is 440 g/mol. The summed E-state index contributed by atoms with van der Waals surface area (Å²) in [6.07, 6.45) is 6.21. The summed E-state index contributed by atoms with van der Waals surface area (Å²) in [5.41, 5.74) is 5.76. The van der Waals surface area contributed by atoms with E-state index in [0.717, 1.165) is 48.0 Å². The highest BCUT2D eigenvalue weighted by Crippen LogP contribution is 2.39. The van der Waals surface area contributed by atoms with Crippen molar-refractivity contribution in [3.05, 3.63) is 94.5 Å². The Balaban J connectivity index is 1.94. The topological polar surface area (TPSA) is 24.5 Å². The first-order valence-electron chi connectivity index (χ1n) is 12.0. The predicted molar refractivity (Wildman–Crippen MR) is 149 cm³/mol. The molecule has 3 aromatic carbocycles. The molecule has 0 saturated heterocycles. The van der Waals surface area contributed by atoms with Gasteiger partial charge in [0.05, 0.1) is 7.11 Å². The van der Waals surface area contributed by atoms with Crippen LogP contribution in [0.4, 0.5) is 11.4 Å². The molecule has 1 unspecified atom stereocenters. The molecule has 0 fully saturated rings. The summed E-state index contributed by atoms with van der Waals surface area (Å²) in [6, 6.07) is 23.2. The number of hydrogen-bond donors (Lipinski definition) is 1. The fraction of sp³-hybridized carbons (Fsp3) is 0.333. The molecule has 0 saturated carbocycles. The lowest BCUT2D eigenvalue weighted by atomic mass is 9.74. The number of nitrogens with one attached hydrogen (secondary N) is 1. The Kier molecular flexibility index (Phi) is 9.06. The number of nitrogens with zero attached hydrogens (tertiary/aromatic N) is 1. The fourth-order valence-corrected chi connectivity index (χ4v) is 4.80. The van der Waals surface area contributed by atoms with E-state index < -0.39 is 0 Å². The van der Waals surface area contributed by atoms with Gasteiger partial charge in [-0.25, -0.2) is 0 Å². The van der Waals surface area contributed by atoms with Crippen LogP contribution in [-0.4, -0.2) is 27.2 Å². The van der Waals surface area contributed by atoms with Crippen LogP contribution in [0.25, 0.3) is 6.08 Å². The van der Waals surface area contributed by atoms with Crippen LogP contribution in [0.15, 0.2) is 72.8 Å². The molecule has 4 heteroatoms. The van der Waals surface area contributed by atoms with Crippen molar-refractivity contribution in [3.8, 4) is 5.75 Å². The van der Waals surface area contributed by atoms with Gasteiger partial charge in [0.1, 0.15) is 5.75 Å². The Morgan fingerprint density at radius 2 is 1.74 bits per heavy atom. The third-order valence-electron chi connectivity index (χ3n) is 6.55. The Bertz CT molecular complexity index is 1090. The lowest BCUT2D eigenvalue weighted by Gasteiger charge is -2.32. The second-order valence-corrected chi connectivity index (χ2v) is 9.30. The average molecular weight is 477 g/mol. The predicted octanol–water partition coefficient (Wildman–Crippen LogP) is 7.84. The van der Waals surface area contributed by atoms with Crippen LogP contribution in [0.3, 0.4) is 0 Å². The quantitative estimate of drug-likeness (QED) is 0.305. The van der Waals surface area contributed by atoms with Crippen LogP contribution in [-0.2, 0) is 11.8 Å². The Labute approximate surface area is 210 Å². The normalized spacial score (nSPS) is 13.0. The third-order valence-corrected chi connectivity index (χ3v) is 6.78. The van der Waals surface area contributed by atoms with Gasteiger partial charge in [0.15, 0.2) is 0 Å². The zero-order valence-electron chi connectivity index (χ0n) is 21.1. The van der Waals surface area contributed by atoms with E-state index in [0.29, 0.717) is 0 Å². The van der Waals surface area contributed by atoms with E-state index >= 15 is 0 Å². The van der Waals surface area contributed by atoms with Crippen LogP contribution >= 0.6 is 11.6 Å². The molecule has 34 heavy (non-hydrogen) atoms. The van der Waals surface area contributed by atoms with Crippen molar-refractivity contribution in [1.82, 2.24) is 0 Å². The van der Waals surface area contributed by atoms with Crippen LogP contribution in [0, 0.1) is 0 Å². The Morgan fingerprint density at radius 1 is 1.00 bits per heavy atom. The van der Waals surface area contributed by atoms with Crippen molar-refractivity contribution in [2.75, 3.05) is 37.5 Å². The molecule has 0 bridgehead atoms. The summed E-state index contributed by atoms with van der Waals surface area (Å²) in [7, 11) is 3.71. The highest BCUT2D eigenvalue weighted by atomic mass is 35.5. The van der Waals surface area contributed by atoms with E-state index in [9.17, 15) is 0 Å². The van der Waals surface area contributed by atoms with Crippen molar-refractivity contribution in [2.45, 2.75) is 39.0 Å². The number of halogens is 1. The van der Waals surface area contributed by atoms with Gasteiger partial charge in [0.25, 0.3) is 0 Å². The Morgan fingerprint density at radius 3 is 2.38 bits per heavy atom. The van der Waals surface area contributed by atoms with E-state index in [2.05, 4.69) is 104 Å². The maximum Gasteiger partial charge on any atom is 0.128 e. The van der Waals surface area contributed by atoms with Crippen LogP contribution in [0.2, 0.25) is 5.02 Å². The van der Waals surface area contributed by atoms with Crippen LogP contribution in [0.1, 0.15) is 43.9 Å². The number of methoxy groups -OCH3 is 1. The highest BCUT2D eigenvalue weighted by molar-refractivity contribution is 6.30. The van der Waals surface area contributed by atoms with Crippen molar-refractivity contribution < 1.29 is 4.74 Å². The number of benzene rings is 3. The van der Waals surface area contributed by atoms with Crippen LogP contribution < -0.4 is 15.0 Å². The molecule has 1 atom stereocenters. The Hall–Kier alpha value is -2.91. The molecule has 1 N–H and O–H groups in total. The van der Waals surface area contributed by atoms with Gasteiger partial charge in [-0.2, -0.15) is 0 Å². The molecule has 0 aromatic heterocycles. The van der Waals surface area contributed by atoms with Gasteiger partial charge in [-0.05, 0) is 68.1 Å². The van der Waals surface area contributed by atoms with Gasteiger partial charge in [0, 0.05) is 53.6 Å². The molecule has 0 spiro atoms. The van der Waals surface area contributed by atoms with E-state index in [1.54, 1.807) is 7.11 Å². The minimum absolute atomic E-state index is 0.143. The minimum atomic E-state index is -0.143. The van der Waals surface area contributed by atoms with E-state index in [1.807, 2.05) is 13.1 Å².